The predicted octanol–water partition coefficient (Wildman–Crippen LogP) is 2.14. The van der Waals surface area contributed by atoms with Crippen molar-refractivity contribution in [2.75, 3.05) is 20.1 Å². The fourth-order valence-corrected chi connectivity index (χ4v) is 2.42. The molecule has 1 N–H and O–H groups in total. The van der Waals surface area contributed by atoms with Crippen LogP contribution in [0.5, 0.6) is 0 Å². The van der Waals surface area contributed by atoms with Crippen molar-refractivity contribution in [2.24, 2.45) is 0 Å². The molecular formula is C13H16FNO2. The molecule has 0 amide bonds. The topological polar surface area (TPSA) is 40.5 Å². The number of nitrogens with zero attached hydrogens (tertiary/aromatic N) is 1. The first-order chi connectivity index (χ1) is 8.09. The number of aromatic carboxylic acids is 1. The van der Waals surface area contributed by atoms with Crippen LogP contribution >= 0.6 is 0 Å². The quantitative estimate of drug-likeness (QED) is 0.856. The van der Waals surface area contributed by atoms with E-state index in [1.165, 1.54) is 0 Å². The fraction of sp³-hybridized carbons (Fsp3) is 0.462. The molecule has 4 heteroatoms. The first kappa shape index (κ1) is 12.0. The number of hydrogen-bond acceptors (Lipinski definition) is 2. The van der Waals surface area contributed by atoms with Crippen LogP contribution in [0.3, 0.4) is 0 Å². The highest BCUT2D eigenvalue weighted by Gasteiger charge is 2.31. The Morgan fingerprint density at radius 2 is 2.18 bits per heavy atom. The number of piperidine rings is 1. The Hall–Kier alpha value is -1.42. The van der Waals surface area contributed by atoms with Crippen molar-refractivity contribution in [3.05, 3.63) is 35.4 Å². The smallest absolute Gasteiger partial charge is 0.335 e. The van der Waals surface area contributed by atoms with Gasteiger partial charge in [0.1, 0.15) is 6.17 Å². The van der Waals surface area contributed by atoms with Crippen LogP contribution in [0.1, 0.15) is 28.3 Å². The summed E-state index contributed by atoms with van der Waals surface area (Å²) in [6, 6.07) is 6.72. The van der Waals surface area contributed by atoms with Crippen LogP contribution in [-0.2, 0) is 0 Å². The minimum atomic E-state index is -0.991. The second-order valence-electron chi connectivity index (χ2n) is 4.57. The normalized spacial score (nSPS) is 25.8. The summed E-state index contributed by atoms with van der Waals surface area (Å²) in [5.74, 6) is -1.27. The molecule has 2 atom stereocenters. The van der Waals surface area contributed by atoms with Gasteiger partial charge in [-0.05, 0) is 31.6 Å². The molecule has 0 radical (unpaired) electrons. The van der Waals surface area contributed by atoms with E-state index in [4.69, 9.17) is 5.11 Å². The Kier molecular flexibility index (Phi) is 3.43. The van der Waals surface area contributed by atoms with Gasteiger partial charge in [0, 0.05) is 12.5 Å². The van der Waals surface area contributed by atoms with Crippen molar-refractivity contribution in [1.82, 2.24) is 4.90 Å². The summed E-state index contributed by atoms with van der Waals surface area (Å²) in [6.45, 7) is 1.18. The minimum absolute atomic E-state index is 0.227. The number of carboxylic acids is 1. The van der Waals surface area contributed by atoms with E-state index < -0.39 is 12.1 Å². The van der Waals surface area contributed by atoms with E-state index in [1.807, 2.05) is 11.9 Å². The van der Waals surface area contributed by atoms with Gasteiger partial charge in [-0.15, -0.1) is 0 Å². The number of benzene rings is 1. The summed E-state index contributed by atoms with van der Waals surface area (Å²) in [7, 11) is 1.88. The minimum Gasteiger partial charge on any atom is -0.478 e. The summed E-state index contributed by atoms with van der Waals surface area (Å²) in [6.07, 6.45) is -0.323. The van der Waals surface area contributed by atoms with Gasteiger partial charge in [-0.2, -0.15) is 0 Å². The second kappa shape index (κ2) is 4.84. The SMILES string of the molecule is CN1CCC(c2ccccc2C(=O)O)C(F)C1. The molecular weight excluding hydrogens is 221 g/mol. The Morgan fingerprint density at radius 3 is 2.82 bits per heavy atom. The number of halogens is 1. The van der Waals surface area contributed by atoms with E-state index >= 15 is 0 Å². The molecule has 1 heterocycles. The van der Waals surface area contributed by atoms with Crippen molar-refractivity contribution < 1.29 is 14.3 Å². The van der Waals surface area contributed by atoms with Crippen LogP contribution in [-0.4, -0.2) is 42.3 Å². The average Bonchev–Trinajstić information content (AvgIpc) is 2.29. The van der Waals surface area contributed by atoms with Gasteiger partial charge < -0.3 is 10.0 Å². The molecule has 1 aliphatic heterocycles. The Morgan fingerprint density at radius 1 is 1.47 bits per heavy atom. The maximum Gasteiger partial charge on any atom is 0.335 e. The van der Waals surface area contributed by atoms with Crippen molar-refractivity contribution in [3.63, 3.8) is 0 Å². The molecule has 1 saturated heterocycles. The third-order valence-corrected chi connectivity index (χ3v) is 3.34. The van der Waals surface area contributed by atoms with Gasteiger partial charge in [0.15, 0.2) is 0 Å². The third-order valence-electron chi connectivity index (χ3n) is 3.34. The zero-order chi connectivity index (χ0) is 12.4. The molecule has 0 aromatic heterocycles. The van der Waals surface area contributed by atoms with Crippen LogP contribution in [0.2, 0.25) is 0 Å². The summed E-state index contributed by atoms with van der Waals surface area (Å²) >= 11 is 0. The number of rotatable bonds is 2. The first-order valence-corrected chi connectivity index (χ1v) is 5.74. The zero-order valence-electron chi connectivity index (χ0n) is 9.77. The standard InChI is InChI=1S/C13H16FNO2/c1-15-7-6-10(12(14)8-15)9-4-2-3-5-11(9)13(16)17/h2-5,10,12H,6-8H2,1H3,(H,16,17). The number of carbonyl (C=O) groups is 1. The lowest BCUT2D eigenvalue weighted by molar-refractivity contribution is 0.0692. The molecule has 1 aromatic carbocycles. The molecule has 2 unspecified atom stereocenters. The molecule has 1 fully saturated rings. The van der Waals surface area contributed by atoms with E-state index in [-0.39, 0.29) is 11.5 Å². The van der Waals surface area contributed by atoms with Crippen molar-refractivity contribution in [1.29, 1.82) is 0 Å². The summed E-state index contributed by atoms with van der Waals surface area (Å²) in [5.41, 5.74) is 0.852. The van der Waals surface area contributed by atoms with Crippen molar-refractivity contribution >= 4 is 5.97 Å². The van der Waals surface area contributed by atoms with E-state index in [0.717, 1.165) is 6.54 Å². The lowest BCUT2D eigenvalue weighted by Gasteiger charge is -2.33. The first-order valence-electron chi connectivity index (χ1n) is 5.74. The van der Waals surface area contributed by atoms with E-state index in [9.17, 15) is 9.18 Å². The molecule has 17 heavy (non-hydrogen) atoms. The van der Waals surface area contributed by atoms with Gasteiger partial charge in [0.2, 0.25) is 0 Å². The Labute approximate surface area is 99.9 Å². The molecule has 0 saturated carbocycles. The van der Waals surface area contributed by atoms with Crippen LogP contribution in [0.25, 0.3) is 0 Å². The van der Waals surface area contributed by atoms with E-state index in [0.29, 0.717) is 18.5 Å². The van der Waals surface area contributed by atoms with Gasteiger partial charge in [-0.25, -0.2) is 9.18 Å². The van der Waals surface area contributed by atoms with Gasteiger partial charge in [0.25, 0.3) is 0 Å². The zero-order valence-corrected chi connectivity index (χ0v) is 9.77. The van der Waals surface area contributed by atoms with Crippen molar-refractivity contribution in [2.45, 2.75) is 18.5 Å². The molecule has 92 valence electrons. The van der Waals surface area contributed by atoms with Crippen molar-refractivity contribution in [3.8, 4) is 0 Å². The molecule has 1 aromatic rings. The maximum atomic E-state index is 14.0. The van der Waals surface area contributed by atoms with E-state index in [2.05, 4.69) is 0 Å². The molecule has 0 bridgehead atoms. The van der Waals surface area contributed by atoms with Gasteiger partial charge in [0.05, 0.1) is 5.56 Å². The number of alkyl halides is 1. The highest BCUT2D eigenvalue weighted by atomic mass is 19.1. The fourth-order valence-electron chi connectivity index (χ4n) is 2.42. The van der Waals surface area contributed by atoms with Crippen LogP contribution in [0, 0.1) is 0 Å². The Balaban J connectivity index is 2.30. The second-order valence-corrected chi connectivity index (χ2v) is 4.57. The Bertz CT molecular complexity index is 422. The summed E-state index contributed by atoms with van der Waals surface area (Å²) in [4.78, 5) is 13.0. The molecule has 0 aliphatic carbocycles. The largest absolute Gasteiger partial charge is 0.478 e. The predicted molar refractivity (Wildman–Crippen MR) is 63.2 cm³/mol. The number of hydrogen-bond donors (Lipinski definition) is 1. The summed E-state index contributed by atoms with van der Waals surface area (Å²) in [5, 5.41) is 9.10. The summed E-state index contributed by atoms with van der Waals surface area (Å²) < 4.78 is 14.0. The van der Waals surface area contributed by atoms with Crippen LogP contribution in [0.15, 0.2) is 24.3 Å². The third kappa shape index (κ3) is 2.47. The molecule has 3 nitrogen and oxygen atoms in total. The molecule has 2 rings (SSSR count). The average molecular weight is 237 g/mol. The number of likely N-dealkylation sites (tertiary alicyclic amines) is 1. The lowest BCUT2D eigenvalue weighted by atomic mass is 9.85. The number of carboxylic acid groups (broad SMARTS) is 1. The van der Waals surface area contributed by atoms with Crippen LogP contribution < -0.4 is 0 Å². The molecule has 0 spiro atoms. The van der Waals surface area contributed by atoms with Crippen LogP contribution in [0.4, 0.5) is 4.39 Å². The highest BCUT2D eigenvalue weighted by Crippen LogP contribution is 2.32. The van der Waals surface area contributed by atoms with Gasteiger partial charge >= 0.3 is 5.97 Å². The van der Waals surface area contributed by atoms with E-state index in [1.54, 1.807) is 24.3 Å². The lowest BCUT2D eigenvalue weighted by Crippen LogP contribution is -2.38. The van der Waals surface area contributed by atoms with Gasteiger partial charge in [-0.3, -0.25) is 0 Å². The molecule has 1 aliphatic rings. The highest BCUT2D eigenvalue weighted by molar-refractivity contribution is 5.89. The van der Waals surface area contributed by atoms with Gasteiger partial charge in [-0.1, -0.05) is 18.2 Å². The monoisotopic (exact) mass is 237 g/mol. The maximum absolute atomic E-state index is 14.0.